The van der Waals surface area contributed by atoms with Crippen LogP contribution in [0.15, 0.2) is 47.4 Å². The molecule has 1 aliphatic carbocycles. The van der Waals surface area contributed by atoms with Gasteiger partial charge in [0, 0.05) is 11.6 Å². The molecule has 0 heterocycles. The van der Waals surface area contributed by atoms with E-state index in [1.54, 1.807) is 12.1 Å². The highest BCUT2D eigenvalue weighted by Crippen LogP contribution is 2.33. The molecule has 26 heavy (non-hydrogen) atoms. The number of hydrogen-bond donors (Lipinski definition) is 1. The molecule has 1 N–H and O–H groups in total. The predicted molar refractivity (Wildman–Crippen MR) is 98.6 cm³/mol. The van der Waals surface area contributed by atoms with E-state index in [1.165, 1.54) is 24.3 Å². The second kappa shape index (κ2) is 7.84. The van der Waals surface area contributed by atoms with E-state index in [2.05, 4.69) is 5.32 Å². The number of halogens is 2. The molecule has 2 unspecified atom stereocenters. The van der Waals surface area contributed by atoms with Gasteiger partial charge >= 0.3 is 0 Å². The van der Waals surface area contributed by atoms with Gasteiger partial charge in [-0.3, -0.25) is 0 Å². The van der Waals surface area contributed by atoms with E-state index in [4.69, 9.17) is 0 Å². The minimum absolute atomic E-state index is 0.150. The summed E-state index contributed by atoms with van der Waals surface area (Å²) in [6.45, 7) is 0.925. The van der Waals surface area contributed by atoms with E-state index < -0.39 is 21.5 Å². The number of benzene rings is 2. The van der Waals surface area contributed by atoms with Crippen molar-refractivity contribution in [3.05, 3.63) is 54.1 Å². The normalized spacial score (nSPS) is 20.4. The topological polar surface area (TPSA) is 46.2 Å². The Morgan fingerprint density at radius 2 is 1.73 bits per heavy atom. The molecule has 0 amide bonds. The minimum atomic E-state index is -3.37. The summed E-state index contributed by atoms with van der Waals surface area (Å²) >= 11 is 0. The third-order valence-corrected chi connectivity index (χ3v) is 6.95. The number of nitrogens with one attached hydrogen (secondary N) is 1. The maximum atomic E-state index is 13.9. The summed E-state index contributed by atoms with van der Waals surface area (Å²) < 4.78 is 52.3. The Balaban J connectivity index is 1.73. The SMILES string of the molecule is CNCC1CCC(CS(=O)(=O)c2ccc(-c3ccc(F)cc3F)cc2)C1. The van der Waals surface area contributed by atoms with Gasteiger partial charge in [0.15, 0.2) is 9.84 Å². The van der Waals surface area contributed by atoms with Gasteiger partial charge < -0.3 is 5.32 Å². The molecule has 0 radical (unpaired) electrons. The molecule has 3 nitrogen and oxygen atoms in total. The van der Waals surface area contributed by atoms with Crippen LogP contribution >= 0.6 is 0 Å². The third-order valence-electron chi connectivity index (χ3n) is 5.05. The van der Waals surface area contributed by atoms with Gasteiger partial charge in [0.25, 0.3) is 0 Å². The molecule has 0 saturated heterocycles. The van der Waals surface area contributed by atoms with Crippen molar-refractivity contribution in [2.24, 2.45) is 11.8 Å². The monoisotopic (exact) mass is 379 g/mol. The number of rotatable bonds is 6. The van der Waals surface area contributed by atoms with Crippen LogP contribution in [0.1, 0.15) is 19.3 Å². The van der Waals surface area contributed by atoms with Crippen LogP contribution in [0, 0.1) is 23.5 Å². The van der Waals surface area contributed by atoms with Crippen molar-refractivity contribution in [2.45, 2.75) is 24.2 Å². The van der Waals surface area contributed by atoms with E-state index in [9.17, 15) is 17.2 Å². The molecular weight excluding hydrogens is 356 g/mol. The first-order valence-corrected chi connectivity index (χ1v) is 10.5. The van der Waals surface area contributed by atoms with Crippen LogP contribution in [-0.2, 0) is 9.84 Å². The molecule has 0 spiro atoms. The van der Waals surface area contributed by atoms with E-state index in [0.717, 1.165) is 31.9 Å². The van der Waals surface area contributed by atoms with Gasteiger partial charge in [-0.15, -0.1) is 0 Å². The fourth-order valence-corrected chi connectivity index (χ4v) is 5.44. The Morgan fingerprint density at radius 3 is 2.38 bits per heavy atom. The van der Waals surface area contributed by atoms with Crippen LogP contribution in [0.25, 0.3) is 11.1 Å². The largest absolute Gasteiger partial charge is 0.319 e. The summed E-state index contributed by atoms with van der Waals surface area (Å²) in [5.41, 5.74) is 0.775. The van der Waals surface area contributed by atoms with Gasteiger partial charge in [-0.05, 0) is 74.5 Å². The van der Waals surface area contributed by atoms with Gasteiger partial charge in [-0.25, -0.2) is 17.2 Å². The zero-order valence-corrected chi connectivity index (χ0v) is 15.5. The van der Waals surface area contributed by atoms with Gasteiger partial charge in [-0.1, -0.05) is 12.1 Å². The van der Waals surface area contributed by atoms with E-state index in [0.29, 0.717) is 11.5 Å². The Hall–Kier alpha value is -1.79. The van der Waals surface area contributed by atoms with Crippen LogP contribution < -0.4 is 5.32 Å². The molecule has 0 aromatic heterocycles. The molecule has 6 heteroatoms. The average molecular weight is 379 g/mol. The summed E-state index contributed by atoms with van der Waals surface area (Å²) in [6.07, 6.45) is 2.92. The maximum absolute atomic E-state index is 13.9. The van der Waals surface area contributed by atoms with Gasteiger partial charge in [0.1, 0.15) is 11.6 Å². The predicted octanol–water partition coefficient (Wildman–Crippen LogP) is 4.04. The lowest BCUT2D eigenvalue weighted by Gasteiger charge is -2.12. The van der Waals surface area contributed by atoms with Crippen molar-refractivity contribution >= 4 is 9.84 Å². The lowest BCUT2D eigenvalue weighted by molar-refractivity contribution is 0.489. The average Bonchev–Trinajstić information content (AvgIpc) is 3.02. The quantitative estimate of drug-likeness (QED) is 0.824. The lowest BCUT2D eigenvalue weighted by atomic mass is 10.1. The van der Waals surface area contributed by atoms with Crippen molar-refractivity contribution < 1.29 is 17.2 Å². The highest BCUT2D eigenvalue weighted by Gasteiger charge is 2.29. The van der Waals surface area contributed by atoms with Crippen LogP contribution in [0.3, 0.4) is 0 Å². The molecule has 2 aromatic carbocycles. The zero-order valence-electron chi connectivity index (χ0n) is 14.7. The summed E-state index contributed by atoms with van der Waals surface area (Å²) in [5.74, 6) is -0.422. The van der Waals surface area contributed by atoms with Gasteiger partial charge in [-0.2, -0.15) is 0 Å². The molecule has 1 saturated carbocycles. The van der Waals surface area contributed by atoms with Gasteiger partial charge in [0.2, 0.25) is 0 Å². The van der Waals surface area contributed by atoms with Crippen molar-refractivity contribution in [1.82, 2.24) is 5.32 Å². The smallest absolute Gasteiger partial charge is 0.178 e. The van der Waals surface area contributed by atoms with Crippen LogP contribution in [0.5, 0.6) is 0 Å². The van der Waals surface area contributed by atoms with E-state index in [-0.39, 0.29) is 22.1 Å². The molecular formula is C20H23F2NO2S. The van der Waals surface area contributed by atoms with E-state index >= 15 is 0 Å². The summed E-state index contributed by atoms with van der Waals surface area (Å²) in [6, 6.07) is 9.52. The standard InChI is InChI=1S/C20H23F2NO2S/c1-23-12-14-2-3-15(10-14)13-26(24,25)18-7-4-16(5-8-18)19-9-6-17(21)11-20(19)22/h4-9,11,14-15,23H,2-3,10,12-13H2,1H3. The summed E-state index contributed by atoms with van der Waals surface area (Å²) in [4.78, 5) is 0.251. The second-order valence-corrected chi connectivity index (χ2v) is 9.07. The van der Waals surface area contributed by atoms with Crippen LogP contribution in [0.4, 0.5) is 8.78 Å². The second-order valence-electron chi connectivity index (χ2n) is 7.03. The van der Waals surface area contributed by atoms with Crippen molar-refractivity contribution in [2.75, 3.05) is 19.3 Å². The first-order valence-electron chi connectivity index (χ1n) is 8.82. The zero-order chi connectivity index (χ0) is 18.7. The highest BCUT2D eigenvalue weighted by atomic mass is 32.2. The van der Waals surface area contributed by atoms with E-state index in [1.807, 2.05) is 7.05 Å². The minimum Gasteiger partial charge on any atom is -0.319 e. The number of sulfone groups is 1. The highest BCUT2D eigenvalue weighted by molar-refractivity contribution is 7.91. The molecule has 2 aromatic rings. The van der Waals surface area contributed by atoms with Crippen molar-refractivity contribution in [3.63, 3.8) is 0 Å². The summed E-state index contributed by atoms with van der Waals surface area (Å²) in [7, 11) is -1.46. The fourth-order valence-electron chi connectivity index (χ4n) is 3.78. The van der Waals surface area contributed by atoms with Crippen LogP contribution in [-0.4, -0.2) is 27.8 Å². The lowest BCUT2D eigenvalue weighted by Crippen LogP contribution is -2.18. The Kier molecular flexibility index (Phi) is 5.73. The molecule has 3 rings (SSSR count). The third kappa shape index (κ3) is 4.30. The van der Waals surface area contributed by atoms with Crippen molar-refractivity contribution in [1.29, 1.82) is 0 Å². The molecule has 0 aliphatic heterocycles. The first-order chi connectivity index (χ1) is 12.4. The molecule has 1 fully saturated rings. The molecule has 0 bridgehead atoms. The Bertz CT molecular complexity index is 866. The first kappa shape index (κ1) is 19.0. The molecule has 2 atom stereocenters. The van der Waals surface area contributed by atoms with Crippen LogP contribution in [0.2, 0.25) is 0 Å². The summed E-state index contributed by atoms with van der Waals surface area (Å²) in [5, 5.41) is 3.15. The molecule has 140 valence electrons. The Morgan fingerprint density at radius 1 is 1.04 bits per heavy atom. The van der Waals surface area contributed by atoms with Crippen molar-refractivity contribution in [3.8, 4) is 11.1 Å². The molecule has 1 aliphatic rings. The fraction of sp³-hybridized carbons (Fsp3) is 0.400. The van der Waals surface area contributed by atoms with Gasteiger partial charge in [0.05, 0.1) is 10.6 Å². The maximum Gasteiger partial charge on any atom is 0.178 e. The Labute approximate surface area is 153 Å². The number of hydrogen-bond acceptors (Lipinski definition) is 3.